The number of fused-ring (bicyclic) bond motifs is 3. The van der Waals surface area contributed by atoms with Crippen molar-refractivity contribution in [3.05, 3.63) is 50.3 Å². The van der Waals surface area contributed by atoms with Crippen molar-refractivity contribution in [3.8, 4) is 5.75 Å². The van der Waals surface area contributed by atoms with Crippen molar-refractivity contribution in [2.45, 2.75) is 25.7 Å². The molecule has 0 saturated carbocycles. The normalized spacial score (nSPS) is 14.0. The molecule has 3 nitrogen and oxygen atoms in total. The maximum absolute atomic E-state index is 12.1. The van der Waals surface area contributed by atoms with Gasteiger partial charge >= 0.3 is 5.63 Å². The number of rotatable bonds is 3. The highest BCUT2D eigenvalue weighted by atomic mass is 35.5. The van der Waals surface area contributed by atoms with Crippen LogP contribution in [-0.4, -0.2) is 6.61 Å². The van der Waals surface area contributed by atoms with E-state index in [0.717, 1.165) is 42.2 Å². The fraction of sp³-hybridized carbons (Fsp3) is 0.312. The summed E-state index contributed by atoms with van der Waals surface area (Å²) in [6.07, 6.45) is 3.76. The van der Waals surface area contributed by atoms with Gasteiger partial charge in [0, 0.05) is 22.0 Å². The van der Waals surface area contributed by atoms with E-state index in [1.54, 1.807) is 12.1 Å². The Hall–Kier alpha value is -1.45. The minimum atomic E-state index is -0.257. The average Bonchev–Trinajstić information content (AvgIpc) is 2.46. The van der Waals surface area contributed by atoms with Crippen LogP contribution in [0.3, 0.4) is 0 Å². The van der Waals surface area contributed by atoms with Gasteiger partial charge in [0.1, 0.15) is 17.9 Å². The molecule has 21 heavy (non-hydrogen) atoms. The van der Waals surface area contributed by atoms with Gasteiger partial charge in [-0.3, -0.25) is 0 Å². The Kier molecular flexibility index (Phi) is 3.96. The third kappa shape index (κ3) is 2.81. The summed E-state index contributed by atoms with van der Waals surface area (Å²) in [6.45, 7) is 3.71. The summed E-state index contributed by atoms with van der Waals surface area (Å²) in [5.41, 5.74) is 2.09. The van der Waals surface area contributed by atoms with Crippen molar-refractivity contribution in [2.75, 3.05) is 6.61 Å². The fourth-order valence-electron chi connectivity index (χ4n) is 2.71. The van der Waals surface area contributed by atoms with Crippen molar-refractivity contribution in [3.63, 3.8) is 0 Å². The number of hydrogen-bond donors (Lipinski definition) is 0. The summed E-state index contributed by atoms with van der Waals surface area (Å²) in [4.78, 5) is 12.1. The molecule has 0 amide bonds. The molecule has 1 aromatic carbocycles. The van der Waals surface area contributed by atoms with Gasteiger partial charge in [-0.15, -0.1) is 0 Å². The van der Waals surface area contributed by atoms with Gasteiger partial charge in [-0.2, -0.15) is 0 Å². The summed E-state index contributed by atoms with van der Waals surface area (Å²) in [5.74, 6) is 0.435. The molecule has 0 unspecified atom stereocenters. The molecular formula is C16H14Cl2O3. The smallest absolute Gasteiger partial charge is 0.339 e. The van der Waals surface area contributed by atoms with Crippen LogP contribution in [0.25, 0.3) is 11.0 Å². The SMILES string of the molecule is C=C(Cl)COc1cc2oc(=O)c3c(c2cc1Cl)CCCC3. The standard InChI is InChI=1S/C16H14Cl2O3/c1-9(17)8-20-15-7-14-12(6-13(15)18)10-4-2-3-5-11(10)16(19)21-14/h6-7H,1-5,8H2. The fourth-order valence-corrected chi connectivity index (χ4v) is 2.98. The molecule has 0 saturated heterocycles. The highest BCUT2D eigenvalue weighted by molar-refractivity contribution is 6.33. The van der Waals surface area contributed by atoms with Crippen LogP contribution in [0.5, 0.6) is 5.75 Å². The van der Waals surface area contributed by atoms with Crippen molar-refractivity contribution in [1.29, 1.82) is 0 Å². The van der Waals surface area contributed by atoms with Crippen LogP contribution < -0.4 is 10.4 Å². The predicted octanol–water partition coefficient (Wildman–Crippen LogP) is 4.46. The monoisotopic (exact) mass is 324 g/mol. The first-order chi connectivity index (χ1) is 10.1. The Bertz CT molecular complexity index is 777. The lowest BCUT2D eigenvalue weighted by atomic mass is 9.91. The minimum Gasteiger partial charge on any atom is -0.486 e. The van der Waals surface area contributed by atoms with Gasteiger partial charge in [0.25, 0.3) is 0 Å². The second-order valence-electron chi connectivity index (χ2n) is 5.14. The van der Waals surface area contributed by atoms with Gasteiger partial charge in [0.15, 0.2) is 0 Å². The molecule has 1 aliphatic rings. The van der Waals surface area contributed by atoms with Crippen molar-refractivity contribution < 1.29 is 9.15 Å². The second-order valence-corrected chi connectivity index (χ2v) is 6.08. The van der Waals surface area contributed by atoms with E-state index < -0.39 is 0 Å². The summed E-state index contributed by atoms with van der Waals surface area (Å²) in [7, 11) is 0. The van der Waals surface area contributed by atoms with Gasteiger partial charge in [0.05, 0.1) is 5.02 Å². The molecule has 3 rings (SSSR count). The summed E-state index contributed by atoms with van der Waals surface area (Å²) < 4.78 is 10.9. The van der Waals surface area contributed by atoms with E-state index in [9.17, 15) is 4.79 Å². The lowest BCUT2D eigenvalue weighted by Gasteiger charge is -2.17. The quantitative estimate of drug-likeness (QED) is 0.782. The Morgan fingerprint density at radius 1 is 1.29 bits per heavy atom. The molecular weight excluding hydrogens is 311 g/mol. The Labute approximate surface area is 132 Å². The van der Waals surface area contributed by atoms with E-state index in [4.69, 9.17) is 32.4 Å². The first kappa shape index (κ1) is 14.5. The zero-order valence-electron chi connectivity index (χ0n) is 11.4. The van der Waals surface area contributed by atoms with E-state index in [1.807, 2.05) is 0 Å². The largest absolute Gasteiger partial charge is 0.486 e. The first-order valence-corrected chi connectivity index (χ1v) is 7.56. The van der Waals surface area contributed by atoms with Gasteiger partial charge < -0.3 is 9.15 Å². The lowest BCUT2D eigenvalue weighted by Crippen LogP contribution is -2.15. The topological polar surface area (TPSA) is 39.4 Å². The van der Waals surface area contributed by atoms with Crippen LogP contribution in [-0.2, 0) is 12.8 Å². The number of benzene rings is 1. The molecule has 0 N–H and O–H groups in total. The van der Waals surface area contributed by atoms with Gasteiger partial charge in [0.2, 0.25) is 0 Å². The molecule has 1 aliphatic carbocycles. The number of ether oxygens (including phenoxy) is 1. The summed E-state index contributed by atoms with van der Waals surface area (Å²) in [6, 6.07) is 3.45. The Morgan fingerprint density at radius 2 is 2.00 bits per heavy atom. The molecule has 110 valence electrons. The maximum Gasteiger partial charge on any atom is 0.339 e. The molecule has 2 aromatic rings. The summed E-state index contributed by atoms with van der Waals surface area (Å²) in [5, 5.41) is 1.74. The van der Waals surface area contributed by atoms with Crippen molar-refractivity contribution in [1.82, 2.24) is 0 Å². The van der Waals surface area contributed by atoms with Crippen LogP contribution in [0, 0.1) is 0 Å². The molecule has 0 aliphatic heterocycles. The van der Waals surface area contributed by atoms with Crippen LogP contribution in [0.15, 0.2) is 33.0 Å². The highest BCUT2D eigenvalue weighted by Crippen LogP contribution is 2.34. The van der Waals surface area contributed by atoms with E-state index in [2.05, 4.69) is 6.58 Å². The van der Waals surface area contributed by atoms with Gasteiger partial charge in [-0.05, 0) is 37.3 Å². The molecule has 0 radical (unpaired) electrons. The van der Waals surface area contributed by atoms with Crippen LogP contribution in [0.4, 0.5) is 0 Å². The molecule has 0 spiro atoms. The third-order valence-corrected chi connectivity index (χ3v) is 4.06. The predicted molar refractivity (Wildman–Crippen MR) is 84.6 cm³/mol. The third-order valence-electron chi connectivity index (χ3n) is 3.66. The summed E-state index contributed by atoms with van der Waals surface area (Å²) >= 11 is 11.9. The molecule has 1 aromatic heterocycles. The number of aryl methyl sites for hydroxylation is 1. The second kappa shape index (κ2) is 5.74. The first-order valence-electron chi connectivity index (χ1n) is 6.80. The average molecular weight is 325 g/mol. The zero-order valence-corrected chi connectivity index (χ0v) is 12.9. The minimum absolute atomic E-state index is 0.155. The highest BCUT2D eigenvalue weighted by Gasteiger charge is 2.19. The van der Waals surface area contributed by atoms with Crippen molar-refractivity contribution >= 4 is 34.2 Å². The maximum atomic E-state index is 12.1. The molecule has 0 fully saturated rings. The van der Waals surface area contributed by atoms with E-state index in [0.29, 0.717) is 21.4 Å². The van der Waals surface area contributed by atoms with Gasteiger partial charge in [-0.25, -0.2) is 4.79 Å². The van der Waals surface area contributed by atoms with Crippen LogP contribution >= 0.6 is 23.2 Å². The Morgan fingerprint density at radius 3 is 2.71 bits per heavy atom. The number of halogens is 2. The van der Waals surface area contributed by atoms with Crippen LogP contribution in [0.2, 0.25) is 5.02 Å². The lowest BCUT2D eigenvalue weighted by molar-refractivity contribution is 0.359. The number of hydrogen-bond acceptors (Lipinski definition) is 3. The van der Waals surface area contributed by atoms with E-state index in [-0.39, 0.29) is 12.2 Å². The molecule has 1 heterocycles. The Balaban J connectivity index is 2.14. The van der Waals surface area contributed by atoms with Crippen molar-refractivity contribution in [2.24, 2.45) is 0 Å². The molecule has 0 atom stereocenters. The van der Waals surface area contributed by atoms with E-state index >= 15 is 0 Å². The van der Waals surface area contributed by atoms with E-state index in [1.165, 1.54) is 0 Å². The van der Waals surface area contributed by atoms with Crippen LogP contribution in [0.1, 0.15) is 24.0 Å². The van der Waals surface area contributed by atoms with Gasteiger partial charge in [-0.1, -0.05) is 29.8 Å². The molecule has 0 bridgehead atoms. The zero-order chi connectivity index (χ0) is 15.0. The molecule has 5 heteroatoms.